The lowest BCUT2D eigenvalue weighted by Crippen LogP contribution is -2.34. The monoisotopic (exact) mass is 346 g/mol. The first-order valence-electron chi connectivity index (χ1n) is 7.40. The number of non-ortho nitro benzene ring substituents is 1. The Hall–Kier alpha value is -3.29. The molecule has 0 atom stereocenters. The van der Waals surface area contributed by atoms with Crippen molar-refractivity contribution in [1.29, 1.82) is 0 Å². The first-order valence-corrected chi connectivity index (χ1v) is 7.40. The molecule has 0 heterocycles. The molecule has 0 aliphatic rings. The first kappa shape index (κ1) is 18.1. The van der Waals surface area contributed by atoms with Crippen molar-refractivity contribution in [3.63, 3.8) is 0 Å². The zero-order valence-corrected chi connectivity index (χ0v) is 13.3. The Bertz CT molecular complexity index is 775. The number of nitro groups is 1. The molecule has 25 heavy (non-hydrogen) atoms. The van der Waals surface area contributed by atoms with Crippen LogP contribution in [0.15, 0.2) is 48.5 Å². The van der Waals surface area contributed by atoms with Crippen LogP contribution in [0.3, 0.4) is 0 Å². The molecule has 0 radical (unpaired) electrons. The predicted octanol–water partition coefficient (Wildman–Crippen LogP) is 2.94. The van der Waals surface area contributed by atoms with Gasteiger partial charge in [0.15, 0.2) is 6.61 Å². The number of nitrogens with zero attached hydrogens (tertiary/aromatic N) is 2. The Labute approximate surface area is 142 Å². The maximum atomic E-state index is 13.0. The van der Waals surface area contributed by atoms with Gasteiger partial charge in [0, 0.05) is 24.4 Å². The number of carbonyl (C=O) groups excluding carboxylic acids is 2. The number of hydrogen-bond acceptors (Lipinski definition) is 5. The fraction of sp³-hybridized carbons (Fsp3) is 0.176. The molecule has 0 aliphatic heterocycles. The van der Waals surface area contributed by atoms with Crippen molar-refractivity contribution in [3.05, 3.63) is 70.0 Å². The molecule has 1 amide bonds. The second-order valence-electron chi connectivity index (χ2n) is 4.99. The molecule has 0 aliphatic carbocycles. The minimum absolute atomic E-state index is 0.100. The molecule has 0 N–H and O–H groups in total. The lowest BCUT2D eigenvalue weighted by molar-refractivity contribution is -0.384. The Kier molecular flexibility index (Phi) is 5.78. The first-order chi connectivity index (χ1) is 11.9. The normalized spacial score (nSPS) is 10.2. The molecule has 0 fully saturated rings. The maximum absolute atomic E-state index is 13.0. The van der Waals surface area contributed by atoms with Crippen molar-refractivity contribution in [2.75, 3.05) is 18.1 Å². The van der Waals surface area contributed by atoms with Crippen molar-refractivity contribution in [3.8, 4) is 0 Å². The smallest absolute Gasteiger partial charge is 0.338 e. The number of benzene rings is 2. The van der Waals surface area contributed by atoms with E-state index in [4.69, 9.17) is 4.74 Å². The number of likely N-dealkylation sites (N-methyl/N-ethyl adjacent to an activating group) is 1. The van der Waals surface area contributed by atoms with Crippen LogP contribution in [-0.2, 0) is 9.53 Å². The Morgan fingerprint density at radius 3 is 2.24 bits per heavy atom. The lowest BCUT2D eigenvalue weighted by atomic mass is 10.2. The second-order valence-corrected chi connectivity index (χ2v) is 4.99. The van der Waals surface area contributed by atoms with Crippen molar-refractivity contribution in [1.82, 2.24) is 0 Å². The third-order valence-electron chi connectivity index (χ3n) is 3.40. The van der Waals surface area contributed by atoms with E-state index in [0.29, 0.717) is 12.2 Å². The van der Waals surface area contributed by atoms with Crippen molar-refractivity contribution in [2.24, 2.45) is 0 Å². The van der Waals surface area contributed by atoms with E-state index in [0.717, 1.165) is 0 Å². The summed E-state index contributed by atoms with van der Waals surface area (Å²) < 4.78 is 17.9. The van der Waals surface area contributed by atoms with Gasteiger partial charge in [-0.1, -0.05) is 0 Å². The molecule has 0 aromatic heterocycles. The van der Waals surface area contributed by atoms with Crippen LogP contribution in [0.4, 0.5) is 15.8 Å². The van der Waals surface area contributed by atoms with Gasteiger partial charge in [0.25, 0.3) is 11.6 Å². The lowest BCUT2D eigenvalue weighted by Gasteiger charge is -2.20. The van der Waals surface area contributed by atoms with Gasteiger partial charge in [-0.25, -0.2) is 9.18 Å². The zero-order valence-electron chi connectivity index (χ0n) is 13.3. The van der Waals surface area contributed by atoms with Gasteiger partial charge in [0.2, 0.25) is 0 Å². The van der Waals surface area contributed by atoms with Crippen LogP contribution in [-0.4, -0.2) is 30.0 Å². The Morgan fingerprint density at radius 1 is 1.12 bits per heavy atom. The quantitative estimate of drug-likeness (QED) is 0.456. The number of hydrogen-bond donors (Lipinski definition) is 0. The van der Waals surface area contributed by atoms with Crippen molar-refractivity contribution >= 4 is 23.3 Å². The highest BCUT2D eigenvalue weighted by Gasteiger charge is 2.17. The molecular weight excluding hydrogens is 331 g/mol. The van der Waals surface area contributed by atoms with Gasteiger partial charge in [0.05, 0.1) is 10.5 Å². The van der Waals surface area contributed by atoms with E-state index in [1.54, 1.807) is 6.92 Å². The molecule has 0 unspecified atom stereocenters. The number of esters is 1. The summed E-state index contributed by atoms with van der Waals surface area (Å²) in [5.74, 6) is -1.65. The summed E-state index contributed by atoms with van der Waals surface area (Å²) >= 11 is 0. The molecule has 8 heteroatoms. The summed E-state index contributed by atoms with van der Waals surface area (Å²) in [6.45, 7) is 1.56. The number of nitro benzene ring substituents is 1. The van der Waals surface area contributed by atoms with Crippen LogP contribution < -0.4 is 4.90 Å². The van der Waals surface area contributed by atoms with Crippen LogP contribution in [0.5, 0.6) is 0 Å². The molecule has 0 spiro atoms. The van der Waals surface area contributed by atoms with E-state index in [9.17, 15) is 24.1 Å². The maximum Gasteiger partial charge on any atom is 0.338 e. The van der Waals surface area contributed by atoms with Gasteiger partial charge in [-0.2, -0.15) is 0 Å². The number of halogens is 1. The van der Waals surface area contributed by atoms with E-state index in [-0.39, 0.29) is 11.3 Å². The Balaban J connectivity index is 1.98. The van der Waals surface area contributed by atoms with E-state index >= 15 is 0 Å². The van der Waals surface area contributed by atoms with E-state index < -0.39 is 29.2 Å². The number of amides is 1. The molecule has 130 valence electrons. The van der Waals surface area contributed by atoms with Gasteiger partial charge in [-0.05, 0) is 43.3 Å². The van der Waals surface area contributed by atoms with Gasteiger partial charge >= 0.3 is 5.97 Å². The molecule has 2 aromatic carbocycles. The highest BCUT2D eigenvalue weighted by molar-refractivity contribution is 5.97. The third-order valence-corrected chi connectivity index (χ3v) is 3.40. The highest BCUT2D eigenvalue weighted by Crippen LogP contribution is 2.16. The van der Waals surface area contributed by atoms with E-state index in [1.807, 2.05) is 0 Å². The number of rotatable bonds is 6. The van der Waals surface area contributed by atoms with Gasteiger partial charge in [0.1, 0.15) is 5.82 Å². The van der Waals surface area contributed by atoms with Crippen LogP contribution in [0.2, 0.25) is 0 Å². The topological polar surface area (TPSA) is 89.8 Å². The van der Waals surface area contributed by atoms with Crippen LogP contribution in [0, 0.1) is 15.9 Å². The molecule has 2 rings (SSSR count). The minimum Gasteiger partial charge on any atom is -0.452 e. The number of ether oxygens (including phenoxy) is 1. The fourth-order valence-electron chi connectivity index (χ4n) is 2.13. The average Bonchev–Trinajstić information content (AvgIpc) is 2.62. The number of carbonyl (C=O) groups is 2. The Morgan fingerprint density at radius 2 is 1.72 bits per heavy atom. The average molecular weight is 346 g/mol. The SMILES string of the molecule is CCN(C(=O)COC(=O)c1ccc([N+](=O)[O-])cc1)c1ccc(F)cc1. The highest BCUT2D eigenvalue weighted by atomic mass is 19.1. The van der Waals surface area contributed by atoms with Crippen molar-refractivity contribution < 1.29 is 23.6 Å². The van der Waals surface area contributed by atoms with Gasteiger partial charge in [-0.15, -0.1) is 0 Å². The van der Waals surface area contributed by atoms with Crippen LogP contribution in [0.1, 0.15) is 17.3 Å². The van der Waals surface area contributed by atoms with Crippen molar-refractivity contribution in [2.45, 2.75) is 6.92 Å². The molecule has 0 saturated carbocycles. The van der Waals surface area contributed by atoms with E-state index in [1.165, 1.54) is 53.4 Å². The predicted molar refractivity (Wildman–Crippen MR) is 87.8 cm³/mol. The third kappa shape index (κ3) is 4.60. The second kappa shape index (κ2) is 8.00. The van der Waals surface area contributed by atoms with Gasteiger partial charge < -0.3 is 9.64 Å². The standard InChI is InChI=1S/C17H15FN2O5/c1-2-19(14-9-5-13(18)6-10-14)16(21)11-25-17(22)12-3-7-15(8-4-12)20(23)24/h3-10H,2,11H2,1H3. The van der Waals surface area contributed by atoms with Crippen LogP contribution >= 0.6 is 0 Å². The van der Waals surface area contributed by atoms with E-state index in [2.05, 4.69) is 0 Å². The summed E-state index contributed by atoms with van der Waals surface area (Å²) in [4.78, 5) is 35.5. The molecule has 7 nitrogen and oxygen atoms in total. The molecular formula is C17H15FN2O5. The summed E-state index contributed by atoms with van der Waals surface area (Å²) in [7, 11) is 0. The number of anilines is 1. The summed E-state index contributed by atoms with van der Waals surface area (Å²) in [5, 5.41) is 10.6. The minimum atomic E-state index is -0.765. The molecule has 0 saturated heterocycles. The van der Waals surface area contributed by atoms with Crippen LogP contribution in [0.25, 0.3) is 0 Å². The molecule has 2 aromatic rings. The largest absolute Gasteiger partial charge is 0.452 e. The molecule has 0 bridgehead atoms. The summed E-state index contributed by atoms with van der Waals surface area (Å²) in [6, 6.07) is 10.2. The van der Waals surface area contributed by atoms with Gasteiger partial charge in [-0.3, -0.25) is 14.9 Å². The summed E-state index contributed by atoms with van der Waals surface area (Å²) in [5.41, 5.74) is 0.435. The zero-order chi connectivity index (χ0) is 18.4. The fourth-order valence-corrected chi connectivity index (χ4v) is 2.13. The summed E-state index contributed by atoms with van der Waals surface area (Å²) in [6.07, 6.45) is 0.